The van der Waals surface area contributed by atoms with Crippen LogP contribution in [-0.2, 0) is 0 Å². The molecule has 0 unspecified atom stereocenters. The van der Waals surface area contributed by atoms with Gasteiger partial charge in [0.2, 0.25) is 0 Å². The minimum atomic E-state index is -2.83. The second-order valence-corrected chi connectivity index (χ2v) is 19.6. The van der Waals surface area contributed by atoms with Crippen molar-refractivity contribution in [2.45, 2.75) is 0 Å². The minimum absolute atomic E-state index is 0.731. The van der Waals surface area contributed by atoms with Crippen molar-refractivity contribution in [2.24, 2.45) is 0 Å². The lowest BCUT2D eigenvalue weighted by Gasteiger charge is -2.32. The lowest BCUT2D eigenvalue weighted by Crippen LogP contribution is -2.73. The van der Waals surface area contributed by atoms with Crippen molar-refractivity contribution in [2.75, 3.05) is 0 Å². The van der Waals surface area contributed by atoms with Gasteiger partial charge in [-0.3, -0.25) is 0 Å². The molecule has 0 saturated carbocycles. The lowest BCUT2D eigenvalue weighted by atomic mass is 10.1. The van der Waals surface area contributed by atoms with Crippen molar-refractivity contribution in [1.29, 1.82) is 0 Å². The van der Waals surface area contributed by atoms with Gasteiger partial charge in [0.05, 0.1) is 22.4 Å². The predicted molar refractivity (Wildman–Crippen MR) is 243 cm³/mol. The van der Waals surface area contributed by atoms with Gasteiger partial charge in [-0.1, -0.05) is 158 Å². The van der Waals surface area contributed by atoms with Crippen molar-refractivity contribution < 1.29 is 0 Å². The summed E-state index contributed by atoms with van der Waals surface area (Å²) in [5.74, 6) is 0.731. The molecule has 0 spiro atoms. The molecule has 3 nitrogen and oxygen atoms in total. The van der Waals surface area contributed by atoms with Crippen LogP contribution in [0.15, 0.2) is 200 Å². The largest absolute Gasteiger partial charge is 0.309 e. The molecule has 0 amide bonds. The molecular weight excluding hydrogens is 727 g/mol. The Morgan fingerprint density at radius 1 is 0.439 bits per heavy atom. The fraction of sp³-hybridized carbons (Fsp3) is 0. The highest BCUT2D eigenvalue weighted by Crippen LogP contribution is 2.43. The molecule has 0 fully saturated rings. The van der Waals surface area contributed by atoms with Crippen molar-refractivity contribution in [3.8, 4) is 39.6 Å². The highest BCUT2D eigenvalue weighted by molar-refractivity contribution is 7.26. The maximum absolute atomic E-state index is 5.58. The predicted octanol–water partition coefficient (Wildman–Crippen LogP) is 10.6. The Bertz CT molecular complexity index is 3300. The summed E-state index contributed by atoms with van der Waals surface area (Å²) in [6.07, 6.45) is 0. The van der Waals surface area contributed by atoms with Gasteiger partial charge in [0.15, 0.2) is 13.9 Å². The quantitative estimate of drug-likeness (QED) is 0.164. The minimum Gasteiger partial charge on any atom is -0.309 e. The standard InChI is InChI=1S/C52H33N3SSi/c1-4-16-34(17-5-1)48-51-49(42-24-12-15-27-46(42)57(51,37-18-6-2-7-19-37)38-20-8-3-9-21-38)54-52(53-48)35-28-30-36(31-29-35)55-43-25-13-10-23-41(43)47-44(55)33-32-40-39-22-11-14-26-45(39)56-50(40)47/h1-33H. The molecule has 4 heterocycles. The SMILES string of the molecule is c1ccc(-c2nc(-c3ccc(-n4c5ccccc5c5c6sc7ccccc7c6ccc54)cc3)nc3c2[Si](c2ccccc2)(c2ccccc2)c2ccccc2-3)cc1. The van der Waals surface area contributed by atoms with Crippen LogP contribution in [0.5, 0.6) is 0 Å². The number of rotatable bonds is 5. The second-order valence-electron chi connectivity index (χ2n) is 14.8. The molecule has 12 rings (SSSR count). The van der Waals surface area contributed by atoms with E-state index in [0.717, 1.165) is 34.0 Å². The first-order valence-electron chi connectivity index (χ1n) is 19.4. The smallest absolute Gasteiger partial charge is 0.185 e. The topological polar surface area (TPSA) is 30.7 Å². The van der Waals surface area contributed by atoms with E-state index in [1.165, 1.54) is 68.3 Å². The third-order valence-corrected chi connectivity index (χ3v) is 18.0. The van der Waals surface area contributed by atoms with Crippen molar-refractivity contribution in [3.63, 3.8) is 0 Å². The summed E-state index contributed by atoms with van der Waals surface area (Å²) in [4.78, 5) is 11.1. The summed E-state index contributed by atoms with van der Waals surface area (Å²) in [7, 11) is -2.83. The van der Waals surface area contributed by atoms with Crippen molar-refractivity contribution >= 4 is 82.1 Å². The van der Waals surface area contributed by atoms with E-state index in [0.29, 0.717) is 0 Å². The molecule has 57 heavy (non-hydrogen) atoms. The van der Waals surface area contributed by atoms with Crippen LogP contribution in [0, 0.1) is 0 Å². The highest BCUT2D eigenvalue weighted by atomic mass is 32.1. The lowest BCUT2D eigenvalue weighted by molar-refractivity contribution is 1.17. The number of fused-ring (bicyclic) bond motifs is 10. The number of hydrogen-bond acceptors (Lipinski definition) is 3. The molecule has 5 heteroatoms. The second kappa shape index (κ2) is 12.5. The van der Waals surface area contributed by atoms with Crippen molar-refractivity contribution in [3.05, 3.63) is 200 Å². The molecular formula is C52H33N3SSi. The van der Waals surface area contributed by atoms with Crippen LogP contribution in [0.2, 0.25) is 0 Å². The van der Waals surface area contributed by atoms with E-state index in [2.05, 4.69) is 205 Å². The molecule has 0 radical (unpaired) electrons. The van der Waals surface area contributed by atoms with Crippen LogP contribution in [0.4, 0.5) is 0 Å². The van der Waals surface area contributed by atoms with Gasteiger partial charge in [0.25, 0.3) is 0 Å². The first-order chi connectivity index (χ1) is 28.3. The maximum atomic E-state index is 5.58. The van der Waals surface area contributed by atoms with E-state index in [1.807, 2.05) is 11.3 Å². The Balaban J connectivity index is 1.08. The molecule has 1 aliphatic rings. The van der Waals surface area contributed by atoms with E-state index in [-0.39, 0.29) is 0 Å². The molecule has 8 aromatic carbocycles. The van der Waals surface area contributed by atoms with Crippen LogP contribution >= 0.6 is 11.3 Å². The van der Waals surface area contributed by atoms with Gasteiger partial charge in [-0.2, -0.15) is 0 Å². The number of hydrogen-bond donors (Lipinski definition) is 0. The Hall–Kier alpha value is -6.92. The van der Waals surface area contributed by atoms with Gasteiger partial charge in [-0.25, -0.2) is 9.97 Å². The summed E-state index contributed by atoms with van der Waals surface area (Å²) in [6.45, 7) is 0. The maximum Gasteiger partial charge on any atom is 0.185 e. The van der Waals surface area contributed by atoms with Crippen LogP contribution in [-0.4, -0.2) is 22.6 Å². The number of benzene rings is 8. The Morgan fingerprint density at radius 2 is 1.05 bits per heavy atom. The number of aromatic nitrogens is 3. The number of thiophene rings is 1. The molecule has 0 saturated heterocycles. The van der Waals surface area contributed by atoms with Gasteiger partial charge in [-0.05, 0) is 58.0 Å². The summed E-state index contributed by atoms with van der Waals surface area (Å²) in [5.41, 5.74) is 8.85. The van der Waals surface area contributed by atoms with Gasteiger partial charge >= 0.3 is 0 Å². The zero-order valence-electron chi connectivity index (χ0n) is 30.8. The first-order valence-corrected chi connectivity index (χ1v) is 22.2. The van der Waals surface area contributed by atoms with Gasteiger partial charge in [0, 0.05) is 58.5 Å². The Morgan fingerprint density at radius 3 is 1.81 bits per heavy atom. The van der Waals surface area contributed by atoms with Gasteiger partial charge in [0.1, 0.15) is 0 Å². The summed E-state index contributed by atoms with van der Waals surface area (Å²) in [5, 5.41) is 10.5. The normalized spacial score (nSPS) is 13.1. The van der Waals surface area contributed by atoms with Crippen LogP contribution in [0.25, 0.3) is 81.6 Å². The molecule has 0 atom stereocenters. The molecule has 11 aromatic rings. The fourth-order valence-corrected chi connectivity index (χ4v) is 16.0. The number of para-hydroxylation sites is 1. The molecule has 0 N–H and O–H groups in total. The highest BCUT2D eigenvalue weighted by Gasteiger charge is 2.51. The average molecular weight is 760 g/mol. The average Bonchev–Trinajstić information content (AvgIpc) is 3.94. The van der Waals surface area contributed by atoms with E-state index in [1.54, 1.807) is 0 Å². The van der Waals surface area contributed by atoms with E-state index in [4.69, 9.17) is 9.97 Å². The monoisotopic (exact) mass is 759 g/mol. The molecule has 0 bridgehead atoms. The van der Waals surface area contributed by atoms with Gasteiger partial charge < -0.3 is 4.57 Å². The molecule has 266 valence electrons. The van der Waals surface area contributed by atoms with Crippen molar-refractivity contribution in [1.82, 2.24) is 14.5 Å². The molecule has 3 aromatic heterocycles. The Labute approximate surface area is 334 Å². The van der Waals surface area contributed by atoms with E-state index >= 15 is 0 Å². The van der Waals surface area contributed by atoms with Crippen LogP contribution in [0.3, 0.4) is 0 Å². The Kier molecular flexibility index (Phi) is 7.12. The fourth-order valence-electron chi connectivity index (χ4n) is 9.51. The van der Waals surface area contributed by atoms with E-state index in [9.17, 15) is 0 Å². The third-order valence-electron chi connectivity index (χ3n) is 11.9. The first kappa shape index (κ1) is 32.3. The summed E-state index contributed by atoms with van der Waals surface area (Å²) >= 11 is 1.89. The zero-order valence-corrected chi connectivity index (χ0v) is 32.6. The van der Waals surface area contributed by atoms with E-state index < -0.39 is 8.07 Å². The summed E-state index contributed by atoms with van der Waals surface area (Å²) in [6, 6.07) is 72.9. The van der Waals surface area contributed by atoms with Gasteiger partial charge in [-0.15, -0.1) is 11.3 Å². The number of nitrogens with zero attached hydrogens (tertiary/aromatic N) is 3. The molecule has 1 aliphatic heterocycles. The summed E-state index contributed by atoms with van der Waals surface area (Å²) < 4.78 is 5.07. The van der Waals surface area contributed by atoms with Crippen LogP contribution < -0.4 is 20.7 Å². The third kappa shape index (κ3) is 4.64. The molecule has 0 aliphatic carbocycles. The zero-order chi connectivity index (χ0) is 37.5. The van der Waals surface area contributed by atoms with Crippen LogP contribution in [0.1, 0.15) is 0 Å².